The van der Waals surface area contributed by atoms with Crippen LogP contribution in [0.25, 0.3) is 0 Å². The van der Waals surface area contributed by atoms with E-state index in [9.17, 15) is 14.0 Å². The molecule has 1 aliphatic carbocycles. The van der Waals surface area contributed by atoms with Crippen molar-refractivity contribution in [2.45, 2.75) is 32.7 Å². The van der Waals surface area contributed by atoms with Crippen LogP contribution in [-0.4, -0.2) is 49.3 Å². The molecule has 42 heavy (non-hydrogen) atoms. The zero-order valence-electron chi connectivity index (χ0n) is 23.7. The first-order valence-electron chi connectivity index (χ1n) is 14.2. The topological polar surface area (TPSA) is 55.9 Å². The van der Waals surface area contributed by atoms with Crippen molar-refractivity contribution in [3.63, 3.8) is 0 Å². The summed E-state index contributed by atoms with van der Waals surface area (Å²) >= 11 is 12.8. The molecule has 0 aromatic heterocycles. The average Bonchev–Trinajstić information content (AvgIpc) is 3.09. The molecule has 3 aromatic carbocycles. The Balaban J connectivity index is 1.36. The lowest BCUT2D eigenvalue weighted by Gasteiger charge is -2.39. The third-order valence-corrected chi connectivity index (χ3v) is 9.09. The van der Waals surface area contributed by atoms with Gasteiger partial charge in [0.15, 0.2) is 5.78 Å². The van der Waals surface area contributed by atoms with E-state index in [0.29, 0.717) is 47.2 Å². The Bertz CT molecular complexity index is 1560. The maximum atomic E-state index is 14.4. The fourth-order valence-electron chi connectivity index (χ4n) is 6.34. The zero-order chi connectivity index (χ0) is 29.6. The normalized spacial score (nSPS) is 20.5. The number of anilines is 3. The second-order valence-corrected chi connectivity index (χ2v) is 12.9. The molecule has 0 spiro atoms. The van der Waals surface area contributed by atoms with E-state index >= 15 is 0 Å². The molecule has 2 aliphatic heterocycles. The van der Waals surface area contributed by atoms with Crippen LogP contribution < -0.4 is 15.1 Å². The van der Waals surface area contributed by atoms with E-state index in [1.54, 1.807) is 29.2 Å². The molecule has 9 heteroatoms. The van der Waals surface area contributed by atoms with Crippen molar-refractivity contribution in [1.82, 2.24) is 4.90 Å². The number of carbonyl (C=O) groups is 2. The molecule has 1 saturated heterocycles. The molecule has 0 bridgehead atoms. The number of Topliss-reactive ketones (excluding diaryl/α,β-unsaturated/α-hetero) is 1. The van der Waals surface area contributed by atoms with Crippen LogP contribution in [0.2, 0.25) is 10.0 Å². The van der Waals surface area contributed by atoms with Gasteiger partial charge in [0.25, 0.3) is 0 Å². The summed E-state index contributed by atoms with van der Waals surface area (Å²) < 4.78 is 13.4. The van der Waals surface area contributed by atoms with Crippen LogP contribution in [0.15, 0.2) is 78.0 Å². The van der Waals surface area contributed by atoms with E-state index in [1.807, 2.05) is 30.3 Å². The number of allylic oxidation sites excluding steroid dienone is 1. The fourth-order valence-corrected chi connectivity index (χ4v) is 6.65. The van der Waals surface area contributed by atoms with E-state index in [2.05, 4.69) is 29.0 Å². The Morgan fingerprint density at radius 2 is 1.67 bits per heavy atom. The number of amides is 1. The zero-order valence-corrected chi connectivity index (χ0v) is 25.2. The third kappa shape index (κ3) is 5.65. The molecule has 2 heterocycles. The molecule has 0 unspecified atom stereocenters. The summed E-state index contributed by atoms with van der Waals surface area (Å²) in [5, 5.41) is 4.33. The number of rotatable bonds is 4. The number of nitrogens with zero attached hydrogens (tertiary/aromatic N) is 3. The Hall–Kier alpha value is -3.39. The van der Waals surface area contributed by atoms with Gasteiger partial charge >= 0.3 is 0 Å². The molecular formula is C33H33Cl2FN4O2. The highest BCUT2D eigenvalue weighted by atomic mass is 35.5. The average molecular weight is 608 g/mol. The van der Waals surface area contributed by atoms with E-state index in [1.165, 1.54) is 12.1 Å². The first-order chi connectivity index (χ1) is 20.1. The second-order valence-electron chi connectivity index (χ2n) is 12.1. The van der Waals surface area contributed by atoms with E-state index in [0.717, 1.165) is 35.7 Å². The highest BCUT2D eigenvalue weighted by Gasteiger charge is 2.43. The molecule has 3 aromatic rings. The molecule has 1 amide bonds. The van der Waals surface area contributed by atoms with Crippen LogP contribution >= 0.6 is 23.2 Å². The lowest BCUT2D eigenvalue weighted by molar-refractivity contribution is -0.120. The van der Waals surface area contributed by atoms with Gasteiger partial charge in [-0.1, -0.05) is 55.2 Å². The number of ketones is 1. The highest BCUT2D eigenvalue weighted by molar-refractivity contribution is 6.42. The Labute approximate surface area is 255 Å². The minimum Gasteiger partial charge on any atom is -0.369 e. The molecule has 218 valence electrons. The monoisotopic (exact) mass is 606 g/mol. The second kappa shape index (κ2) is 11.4. The van der Waals surface area contributed by atoms with Crippen molar-refractivity contribution in [2.75, 3.05) is 47.8 Å². The number of fused-ring (bicyclic) bond motifs is 1. The van der Waals surface area contributed by atoms with Crippen molar-refractivity contribution in [2.24, 2.45) is 5.41 Å². The van der Waals surface area contributed by atoms with Crippen LogP contribution in [-0.2, 0) is 9.59 Å². The minimum absolute atomic E-state index is 0.0170. The lowest BCUT2D eigenvalue weighted by Crippen LogP contribution is -2.51. The van der Waals surface area contributed by atoms with Gasteiger partial charge in [-0.15, -0.1) is 0 Å². The minimum atomic E-state index is -0.664. The smallest absolute Gasteiger partial charge is 0.242 e. The summed E-state index contributed by atoms with van der Waals surface area (Å²) in [4.78, 5) is 34.4. The van der Waals surface area contributed by atoms with Crippen molar-refractivity contribution in [3.8, 4) is 0 Å². The summed E-state index contributed by atoms with van der Waals surface area (Å²) in [6.07, 6.45) is 1.06. The predicted molar refractivity (Wildman–Crippen MR) is 167 cm³/mol. The summed E-state index contributed by atoms with van der Waals surface area (Å²) in [5.41, 5.74) is 4.41. The Morgan fingerprint density at radius 1 is 0.952 bits per heavy atom. The van der Waals surface area contributed by atoms with Crippen LogP contribution in [0.1, 0.15) is 38.3 Å². The molecule has 6 nitrogen and oxygen atoms in total. The number of hydrogen-bond donors (Lipinski definition) is 1. The van der Waals surface area contributed by atoms with Crippen molar-refractivity contribution in [3.05, 3.63) is 99.4 Å². The van der Waals surface area contributed by atoms with Gasteiger partial charge in [0.1, 0.15) is 5.82 Å². The number of nitrogens with one attached hydrogen (secondary N) is 1. The van der Waals surface area contributed by atoms with Gasteiger partial charge in [-0.25, -0.2) is 4.39 Å². The van der Waals surface area contributed by atoms with Gasteiger partial charge < -0.3 is 10.2 Å². The predicted octanol–water partition coefficient (Wildman–Crippen LogP) is 7.10. The summed E-state index contributed by atoms with van der Waals surface area (Å²) in [6, 6.07) is 18.9. The van der Waals surface area contributed by atoms with Crippen LogP contribution in [0.5, 0.6) is 0 Å². The third-order valence-electron chi connectivity index (χ3n) is 8.35. The molecule has 1 atom stereocenters. The van der Waals surface area contributed by atoms with Gasteiger partial charge in [0, 0.05) is 49.6 Å². The number of carbonyl (C=O) groups excluding carboxylic acids is 2. The summed E-state index contributed by atoms with van der Waals surface area (Å²) in [5.74, 6) is -0.352. The van der Waals surface area contributed by atoms with E-state index < -0.39 is 6.04 Å². The Kier molecular flexibility index (Phi) is 7.77. The van der Waals surface area contributed by atoms with Gasteiger partial charge in [-0.2, -0.15) is 0 Å². The van der Waals surface area contributed by atoms with Crippen LogP contribution in [0.4, 0.5) is 21.5 Å². The molecule has 6 rings (SSSR count). The quantitative estimate of drug-likeness (QED) is 0.343. The first kappa shape index (κ1) is 28.7. The van der Waals surface area contributed by atoms with Gasteiger partial charge in [-0.05, 0) is 65.9 Å². The fraction of sp³-hybridized carbons (Fsp3) is 0.333. The SMILES string of the molecule is CC1(C)CC(=O)C2=C(C1)Nc1ccccc1N(C(=O)CN1CCN(c3ccc(F)cc3)CC1)[C@@H]2c1ccc(Cl)c(Cl)c1. The molecule has 0 saturated carbocycles. The Morgan fingerprint density at radius 3 is 2.38 bits per heavy atom. The maximum Gasteiger partial charge on any atom is 0.242 e. The van der Waals surface area contributed by atoms with E-state index in [-0.39, 0.29) is 29.5 Å². The maximum absolute atomic E-state index is 14.4. The highest BCUT2D eigenvalue weighted by Crippen LogP contribution is 2.48. The number of halogens is 3. The van der Waals surface area contributed by atoms with Crippen LogP contribution in [0.3, 0.4) is 0 Å². The van der Waals surface area contributed by atoms with Gasteiger partial charge in [-0.3, -0.25) is 19.4 Å². The molecule has 1 fully saturated rings. The van der Waals surface area contributed by atoms with Gasteiger partial charge in [0.05, 0.1) is 34.0 Å². The number of para-hydroxylation sites is 2. The lowest BCUT2D eigenvalue weighted by atomic mass is 9.73. The number of piperazine rings is 1. The molecule has 3 aliphatic rings. The van der Waals surface area contributed by atoms with E-state index in [4.69, 9.17) is 23.2 Å². The molecule has 0 radical (unpaired) electrons. The number of benzene rings is 3. The van der Waals surface area contributed by atoms with Crippen molar-refractivity contribution >= 4 is 52.0 Å². The number of hydrogen-bond acceptors (Lipinski definition) is 5. The summed E-state index contributed by atoms with van der Waals surface area (Å²) in [7, 11) is 0. The van der Waals surface area contributed by atoms with Crippen LogP contribution in [0, 0.1) is 11.2 Å². The van der Waals surface area contributed by atoms with Crippen molar-refractivity contribution < 1.29 is 14.0 Å². The molecular weight excluding hydrogens is 574 g/mol. The first-order valence-corrected chi connectivity index (χ1v) is 15.0. The largest absolute Gasteiger partial charge is 0.369 e. The molecule has 1 N–H and O–H groups in total. The standard InChI is InChI=1S/C33H33Cl2FN4O2/c1-33(2)18-27-31(29(41)19-33)32(21-7-12-24(34)25(35)17-21)40(28-6-4-3-5-26(28)37-27)30(42)20-38-13-15-39(16-14-38)23-10-8-22(36)9-11-23/h3-12,17,32,37H,13-16,18-20H2,1-2H3/t32-/m1/s1. The summed E-state index contributed by atoms with van der Waals surface area (Å²) in [6.45, 7) is 7.16. The van der Waals surface area contributed by atoms with Gasteiger partial charge in [0.2, 0.25) is 5.91 Å². The van der Waals surface area contributed by atoms with Crippen molar-refractivity contribution in [1.29, 1.82) is 0 Å².